The van der Waals surface area contributed by atoms with Gasteiger partial charge >= 0.3 is 5.69 Å². The average molecular weight is 253 g/mol. The molecule has 0 saturated carbocycles. The summed E-state index contributed by atoms with van der Waals surface area (Å²) in [4.78, 5) is 36.6. The third-order valence-electron chi connectivity index (χ3n) is 3.03. The largest absolute Gasteiger partial charge is 0.494 e. The first-order chi connectivity index (χ1) is 8.54. The lowest BCUT2D eigenvalue weighted by atomic mass is 10.1. The lowest BCUT2D eigenvalue weighted by Crippen LogP contribution is -2.35. The van der Waals surface area contributed by atoms with Gasteiger partial charge in [0.1, 0.15) is 0 Å². The fourth-order valence-corrected chi connectivity index (χ4v) is 2.16. The Labute approximate surface area is 102 Å². The lowest BCUT2D eigenvalue weighted by Gasteiger charge is -2.15. The Bertz CT molecular complexity index is 587. The SMILES string of the molecule is CCCc1c(O)n(C2CNC(=O)C2)c(=O)[nH]c1=O. The highest BCUT2D eigenvalue weighted by atomic mass is 16.3. The van der Waals surface area contributed by atoms with Crippen LogP contribution in [0, 0.1) is 0 Å². The minimum absolute atomic E-state index is 0.130. The van der Waals surface area contributed by atoms with Crippen molar-refractivity contribution in [3.63, 3.8) is 0 Å². The number of amides is 1. The monoisotopic (exact) mass is 253 g/mol. The summed E-state index contributed by atoms with van der Waals surface area (Å²) in [7, 11) is 0. The highest BCUT2D eigenvalue weighted by molar-refractivity contribution is 5.78. The van der Waals surface area contributed by atoms with Crippen LogP contribution in [0.25, 0.3) is 0 Å². The van der Waals surface area contributed by atoms with E-state index in [-0.39, 0.29) is 30.3 Å². The van der Waals surface area contributed by atoms with E-state index >= 15 is 0 Å². The highest BCUT2D eigenvalue weighted by Crippen LogP contribution is 2.21. The van der Waals surface area contributed by atoms with Gasteiger partial charge in [0.25, 0.3) is 5.56 Å². The Morgan fingerprint density at radius 3 is 2.67 bits per heavy atom. The van der Waals surface area contributed by atoms with Crippen LogP contribution in [0.5, 0.6) is 5.88 Å². The van der Waals surface area contributed by atoms with Gasteiger partial charge in [-0.3, -0.25) is 19.1 Å². The molecule has 1 saturated heterocycles. The van der Waals surface area contributed by atoms with Crippen molar-refractivity contribution in [2.75, 3.05) is 6.54 Å². The Hall–Kier alpha value is -2.05. The average Bonchev–Trinajstić information content (AvgIpc) is 2.70. The summed E-state index contributed by atoms with van der Waals surface area (Å²) < 4.78 is 1.09. The second-order valence-corrected chi connectivity index (χ2v) is 4.34. The fourth-order valence-electron chi connectivity index (χ4n) is 2.16. The molecule has 0 aromatic carbocycles. The first-order valence-electron chi connectivity index (χ1n) is 5.88. The molecule has 0 spiro atoms. The normalized spacial score (nSPS) is 18.9. The number of aromatic amines is 1. The molecule has 18 heavy (non-hydrogen) atoms. The van der Waals surface area contributed by atoms with Crippen LogP contribution in [-0.4, -0.2) is 27.1 Å². The van der Waals surface area contributed by atoms with Crippen LogP contribution in [0.2, 0.25) is 0 Å². The number of aromatic nitrogens is 2. The third kappa shape index (κ3) is 2.03. The van der Waals surface area contributed by atoms with Crippen molar-refractivity contribution >= 4 is 5.91 Å². The van der Waals surface area contributed by atoms with E-state index in [2.05, 4.69) is 10.3 Å². The molecule has 1 atom stereocenters. The van der Waals surface area contributed by atoms with Crippen molar-refractivity contribution in [3.8, 4) is 5.88 Å². The maximum Gasteiger partial charge on any atom is 0.331 e. The molecule has 1 aromatic rings. The molecule has 1 aliphatic heterocycles. The van der Waals surface area contributed by atoms with Gasteiger partial charge in [-0.05, 0) is 6.42 Å². The van der Waals surface area contributed by atoms with Gasteiger partial charge in [-0.2, -0.15) is 0 Å². The van der Waals surface area contributed by atoms with E-state index in [1.165, 1.54) is 0 Å². The Morgan fingerprint density at radius 1 is 1.39 bits per heavy atom. The maximum absolute atomic E-state index is 11.7. The van der Waals surface area contributed by atoms with E-state index in [1.807, 2.05) is 6.92 Å². The molecule has 7 nitrogen and oxygen atoms in total. The first kappa shape index (κ1) is 12.4. The number of H-pyrrole nitrogens is 1. The zero-order valence-corrected chi connectivity index (χ0v) is 10.0. The van der Waals surface area contributed by atoms with Crippen molar-refractivity contribution in [3.05, 3.63) is 26.4 Å². The molecular weight excluding hydrogens is 238 g/mol. The predicted molar refractivity (Wildman–Crippen MR) is 63.6 cm³/mol. The molecule has 7 heteroatoms. The van der Waals surface area contributed by atoms with Crippen molar-refractivity contribution in [2.45, 2.75) is 32.2 Å². The molecule has 1 aliphatic rings. The minimum Gasteiger partial charge on any atom is -0.494 e. The van der Waals surface area contributed by atoms with Crippen molar-refractivity contribution in [1.82, 2.24) is 14.9 Å². The number of aromatic hydroxyl groups is 1. The molecule has 0 radical (unpaired) electrons. The topological polar surface area (TPSA) is 104 Å². The number of rotatable bonds is 3. The van der Waals surface area contributed by atoms with E-state index in [0.29, 0.717) is 12.8 Å². The van der Waals surface area contributed by atoms with E-state index in [9.17, 15) is 19.5 Å². The molecule has 1 fully saturated rings. The molecule has 1 amide bonds. The van der Waals surface area contributed by atoms with Crippen LogP contribution in [0.4, 0.5) is 0 Å². The van der Waals surface area contributed by atoms with Crippen LogP contribution >= 0.6 is 0 Å². The molecule has 3 N–H and O–H groups in total. The molecule has 2 heterocycles. The lowest BCUT2D eigenvalue weighted by molar-refractivity contribution is -0.119. The van der Waals surface area contributed by atoms with Crippen LogP contribution in [0.3, 0.4) is 0 Å². The number of hydrogen-bond donors (Lipinski definition) is 3. The van der Waals surface area contributed by atoms with Crippen molar-refractivity contribution in [2.24, 2.45) is 0 Å². The van der Waals surface area contributed by atoms with Crippen LogP contribution in [0.1, 0.15) is 31.4 Å². The fraction of sp³-hybridized carbons (Fsp3) is 0.545. The van der Waals surface area contributed by atoms with Gasteiger partial charge in [-0.1, -0.05) is 13.3 Å². The van der Waals surface area contributed by atoms with Crippen LogP contribution in [0.15, 0.2) is 9.59 Å². The van der Waals surface area contributed by atoms with Gasteiger partial charge in [0.05, 0.1) is 11.6 Å². The summed E-state index contributed by atoms with van der Waals surface area (Å²) in [5, 5.41) is 12.6. The summed E-state index contributed by atoms with van der Waals surface area (Å²) in [6.45, 7) is 2.15. The highest BCUT2D eigenvalue weighted by Gasteiger charge is 2.27. The van der Waals surface area contributed by atoms with Gasteiger partial charge in [0.2, 0.25) is 11.8 Å². The van der Waals surface area contributed by atoms with E-state index in [1.54, 1.807) is 0 Å². The van der Waals surface area contributed by atoms with Gasteiger partial charge in [0, 0.05) is 13.0 Å². The summed E-state index contributed by atoms with van der Waals surface area (Å²) in [6, 6.07) is -0.447. The van der Waals surface area contributed by atoms with E-state index in [4.69, 9.17) is 0 Å². The van der Waals surface area contributed by atoms with Gasteiger partial charge in [0.15, 0.2) is 0 Å². The molecule has 1 unspecified atom stereocenters. The number of nitrogens with zero attached hydrogens (tertiary/aromatic N) is 1. The zero-order chi connectivity index (χ0) is 13.3. The standard InChI is InChI=1S/C11H15N3O4/c1-2-3-7-9(16)13-11(18)14(10(7)17)6-4-8(15)12-5-6/h6,17H,2-5H2,1H3,(H,12,15)(H,13,16,18). The third-order valence-corrected chi connectivity index (χ3v) is 3.03. The predicted octanol–water partition coefficient (Wildman–Crippen LogP) is -0.744. The number of carbonyl (C=O) groups is 1. The zero-order valence-electron chi connectivity index (χ0n) is 10.0. The number of hydrogen-bond acceptors (Lipinski definition) is 4. The van der Waals surface area contributed by atoms with Crippen LogP contribution < -0.4 is 16.6 Å². The van der Waals surface area contributed by atoms with Crippen LogP contribution in [-0.2, 0) is 11.2 Å². The molecule has 1 aromatic heterocycles. The van der Waals surface area contributed by atoms with Gasteiger partial charge < -0.3 is 10.4 Å². The summed E-state index contributed by atoms with van der Waals surface area (Å²) >= 11 is 0. The Morgan fingerprint density at radius 2 is 2.11 bits per heavy atom. The van der Waals surface area contributed by atoms with Gasteiger partial charge in [-0.25, -0.2) is 4.79 Å². The second kappa shape index (κ2) is 4.67. The summed E-state index contributed by atoms with van der Waals surface area (Å²) in [5.74, 6) is -0.498. The number of nitrogens with one attached hydrogen (secondary N) is 2. The minimum atomic E-state index is -0.682. The molecule has 98 valence electrons. The van der Waals surface area contributed by atoms with Crippen molar-refractivity contribution < 1.29 is 9.90 Å². The molecule has 0 aliphatic carbocycles. The second-order valence-electron chi connectivity index (χ2n) is 4.34. The molecular formula is C11H15N3O4. The van der Waals surface area contributed by atoms with E-state index in [0.717, 1.165) is 4.57 Å². The quantitative estimate of drug-likeness (QED) is 0.659. The Kier molecular flexibility index (Phi) is 3.22. The van der Waals surface area contributed by atoms with Crippen molar-refractivity contribution in [1.29, 1.82) is 0 Å². The molecule has 0 bridgehead atoms. The molecule has 2 rings (SSSR count). The van der Waals surface area contributed by atoms with E-state index < -0.39 is 17.3 Å². The first-order valence-corrected chi connectivity index (χ1v) is 5.88. The smallest absolute Gasteiger partial charge is 0.331 e. The maximum atomic E-state index is 11.7. The summed E-state index contributed by atoms with van der Waals surface area (Å²) in [6.07, 6.45) is 1.19. The Balaban J connectivity index is 2.53. The summed E-state index contributed by atoms with van der Waals surface area (Å²) in [5.41, 5.74) is -1.05. The number of carbonyl (C=O) groups excluding carboxylic acids is 1. The van der Waals surface area contributed by atoms with Gasteiger partial charge in [-0.15, -0.1) is 0 Å².